The van der Waals surface area contributed by atoms with Crippen LogP contribution in [-0.4, -0.2) is 15.1 Å². The predicted molar refractivity (Wildman–Crippen MR) is 74.7 cm³/mol. The molecule has 3 aromatic rings. The summed E-state index contributed by atoms with van der Waals surface area (Å²) in [6.07, 6.45) is 2.44. The highest BCUT2D eigenvalue weighted by atomic mass is 19.1. The standard InChI is InChI=1S/C16H13FN2O/c1-10-8-12(17)3-4-13(10)16(20)11-2-5-14-15(9-11)19-7-6-18-14/h2-9,16,20H,1H3. The molecule has 0 spiro atoms. The zero-order valence-corrected chi connectivity index (χ0v) is 10.9. The summed E-state index contributed by atoms with van der Waals surface area (Å²) < 4.78 is 13.1. The van der Waals surface area contributed by atoms with Crippen LogP contribution >= 0.6 is 0 Å². The van der Waals surface area contributed by atoms with Crippen LogP contribution in [0.25, 0.3) is 11.0 Å². The molecule has 1 atom stereocenters. The van der Waals surface area contributed by atoms with Gasteiger partial charge in [-0.05, 0) is 47.9 Å². The quantitative estimate of drug-likeness (QED) is 0.776. The van der Waals surface area contributed by atoms with E-state index in [9.17, 15) is 9.50 Å². The summed E-state index contributed by atoms with van der Waals surface area (Å²) in [7, 11) is 0. The minimum atomic E-state index is -0.804. The molecular weight excluding hydrogens is 255 g/mol. The second kappa shape index (κ2) is 4.98. The van der Waals surface area contributed by atoms with E-state index in [1.807, 2.05) is 12.1 Å². The first kappa shape index (κ1) is 12.7. The van der Waals surface area contributed by atoms with Crippen LogP contribution in [0.15, 0.2) is 48.8 Å². The van der Waals surface area contributed by atoms with Crippen molar-refractivity contribution in [3.05, 3.63) is 71.3 Å². The van der Waals surface area contributed by atoms with Crippen molar-refractivity contribution >= 4 is 11.0 Å². The van der Waals surface area contributed by atoms with Gasteiger partial charge < -0.3 is 5.11 Å². The van der Waals surface area contributed by atoms with E-state index in [4.69, 9.17) is 0 Å². The molecule has 0 aliphatic carbocycles. The molecule has 0 saturated heterocycles. The number of aryl methyl sites for hydroxylation is 1. The first-order valence-electron chi connectivity index (χ1n) is 6.30. The molecule has 0 saturated carbocycles. The Morgan fingerprint density at radius 2 is 1.75 bits per heavy atom. The van der Waals surface area contributed by atoms with Crippen molar-refractivity contribution in [2.45, 2.75) is 13.0 Å². The van der Waals surface area contributed by atoms with Crippen LogP contribution in [0, 0.1) is 12.7 Å². The third-order valence-electron chi connectivity index (χ3n) is 3.34. The maximum Gasteiger partial charge on any atom is 0.123 e. The highest BCUT2D eigenvalue weighted by Crippen LogP contribution is 2.26. The zero-order valence-electron chi connectivity index (χ0n) is 10.9. The molecule has 100 valence electrons. The predicted octanol–water partition coefficient (Wildman–Crippen LogP) is 3.16. The fourth-order valence-electron chi connectivity index (χ4n) is 2.28. The molecule has 2 aromatic carbocycles. The van der Waals surface area contributed by atoms with Crippen molar-refractivity contribution in [3.8, 4) is 0 Å². The van der Waals surface area contributed by atoms with Gasteiger partial charge in [0.15, 0.2) is 0 Å². The first-order chi connectivity index (χ1) is 9.65. The van der Waals surface area contributed by atoms with E-state index in [0.717, 1.165) is 16.6 Å². The van der Waals surface area contributed by atoms with Gasteiger partial charge in [-0.25, -0.2) is 4.39 Å². The SMILES string of the molecule is Cc1cc(F)ccc1C(O)c1ccc2nccnc2c1. The highest BCUT2D eigenvalue weighted by Gasteiger charge is 2.14. The van der Waals surface area contributed by atoms with Gasteiger partial charge in [0.05, 0.1) is 11.0 Å². The summed E-state index contributed by atoms with van der Waals surface area (Å²) in [5.74, 6) is -0.303. The van der Waals surface area contributed by atoms with E-state index in [1.165, 1.54) is 12.1 Å². The Bertz CT molecular complexity index is 773. The Morgan fingerprint density at radius 1 is 1.00 bits per heavy atom. The van der Waals surface area contributed by atoms with E-state index >= 15 is 0 Å². The summed E-state index contributed by atoms with van der Waals surface area (Å²) >= 11 is 0. The molecule has 0 aliphatic heterocycles. The Morgan fingerprint density at radius 3 is 2.50 bits per heavy atom. The average molecular weight is 268 g/mol. The number of fused-ring (bicyclic) bond motifs is 1. The maximum absolute atomic E-state index is 13.1. The lowest BCUT2D eigenvalue weighted by Crippen LogP contribution is -2.02. The van der Waals surface area contributed by atoms with Gasteiger partial charge >= 0.3 is 0 Å². The number of aromatic nitrogens is 2. The molecule has 1 unspecified atom stereocenters. The fraction of sp³-hybridized carbons (Fsp3) is 0.125. The van der Waals surface area contributed by atoms with E-state index in [-0.39, 0.29) is 5.82 Å². The summed E-state index contributed by atoms with van der Waals surface area (Å²) in [6, 6.07) is 9.81. The molecule has 0 radical (unpaired) electrons. The van der Waals surface area contributed by atoms with Crippen LogP contribution in [0.4, 0.5) is 4.39 Å². The average Bonchev–Trinajstić information content (AvgIpc) is 2.46. The summed E-state index contributed by atoms with van der Waals surface area (Å²) in [6.45, 7) is 1.78. The molecule has 0 amide bonds. The number of benzene rings is 2. The molecule has 3 nitrogen and oxygen atoms in total. The van der Waals surface area contributed by atoms with Crippen molar-refractivity contribution in [2.75, 3.05) is 0 Å². The van der Waals surface area contributed by atoms with Crippen molar-refractivity contribution < 1.29 is 9.50 Å². The van der Waals surface area contributed by atoms with Gasteiger partial charge in [-0.15, -0.1) is 0 Å². The smallest absolute Gasteiger partial charge is 0.123 e. The lowest BCUT2D eigenvalue weighted by Gasteiger charge is -2.14. The number of rotatable bonds is 2. The largest absolute Gasteiger partial charge is 0.384 e. The third-order valence-corrected chi connectivity index (χ3v) is 3.34. The van der Waals surface area contributed by atoms with E-state index < -0.39 is 6.10 Å². The number of aliphatic hydroxyl groups is 1. The molecule has 1 aromatic heterocycles. The normalized spacial score (nSPS) is 12.6. The van der Waals surface area contributed by atoms with E-state index in [2.05, 4.69) is 9.97 Å². The number of hydrogen-bond donors (Lipinski definition) is 1. The van der Waals surface area contributed by atoms with Crippen LogP contribution in [-0.2, 0) is 0 Å². The number of halogens is 1. The number of aliphatic hydroxyl groups excluding tert-OH is 1. The van der Waals surface area contributed by atoms with Crippen LogP contribution < -0.4 is 0 Å². The molecule has 20 heavy (non-hydrogen) atoms. The Labute approximate surface area is 115 Å². The van der Waals surface area contributed by atoms with Crippen molar-refractivity contribution in [2.24, 2.45) is 0 Å². The second-order valence-electron chi connectivity index (χ2n) is 4.71. The van der Waals surface area contributed by atoms with Crippen LogP contribution in [0.3, 0.4) is 0 Å². The maximum atomic E-state index is 13.1. The third kappa shape index (κ3) is 2.26. The lowest BCUT2D eigenvalue weighted by molar-refractivity contribution is 0.219. The van der Waals surface area contributed by atoms with E-state index in [0.29, 0.717) is 11.1 Å². The van der Waals surface area contributed by atoms with Crippen LogP contribution in [0.5, 0.6) is 0 Å². The van der Waals surface area contributed by atoms with Gasteiger partial charge in [-0.1, -0.05) is 12.1 Å². The Hall–Kier alpha value is -2.33. The van der Waals surface area contributed by atoms with Crippen molar-refractivity contribution in [1.82, 2.24) is 9.97 Å². The van der Waals surface area contributed by atoms with Gasteiger partial charge in [-0.3, -0.25) is 9.97 Å². The summed E-state index contributed by atoms with van der Waals surface area (Å²) in [5, 5.41) is 10.5. The van der Waals surface area contributed by atoms with Crippen molar-refractivity contribution in [1.29, 1.82) is 0 Å². The minimum absolute atomic E-state index is 0.303. The second-order valence-corrected chi connectivity index (χ2v) is 4.71. The molecule has 0 aliphatic rings. The molecule has 0 fully saturated rings. The van der Waals surface area contributed by atoms with Gasteiger partial charge in [-0.2, -0.15) is 0 Å². The Kier molecular flexibility index (Phi) is 3.16. The van der Waals surface area contributed by atoms with Gasteiger partial charge in [0.25, 0.3) is 0 Å². The molecule has 4 heteroatoms. The summed E-state index contributed by atoms with van der Waals surface area (Å²) in [5.41, 5.74) is 3.63. The molecule has 1 heterocycles. The van der Waals surface area contributed by atoms with Gasteiger partial charge in [0.1, 0.15) is 11.9 Å². The topological polar surface area (TPSA) is 46.0 Å². The van der Waals surface area contributed by atoms with Crippen LogP contribution in [0.2, 0.25) is 0 Å². The zero-order chi connectivity index (χ0) is 14.1. The van der Waals surface area contributed by atoms with Gasteiger partial charge in [0, 0.05) is 12.4 Å². The van der Waals surface area contributed by atoms with Gasteiger partial charge in [0.2, 0.25) is 0 Å². The highest BCUT2D eigenvalue weighted by molar-refractivity contribution is 5.74. The molecule has 0 bridgehead atoms. The lowest BCUT2D eigenvalue weighted by atomic mass is 9.97. The van der Waals surface area contributed by atoms with Crippen LogP contribution in [0.1, 0.15) is 22.8 Å². The first-order valence-corrected chi connectivity index (χ1v) is 6.30. The van der Waals surface area contributed by atoms with Crippen molar-refractivity contribution in [3.63, 3.8) is 0 Å². The number of hydrogen-bond acceptors (Lipinski definition) is 3. The monoisotopic (exact) mass is 268 g/mol. The van der Waals surface area contributed by atoms with E-state index in [1.54, 1.807) is 31.5 Å². The summed E-state index contributed by atoms with van der Waals surface area (Å²) in [4.78, 5) is 8.41. The minimum Gasteiger partial charge on any atom is -0.384 e. The Balaban J connectivity index is 2.05. The fourth-order valence-corrected chi connectivity index (χ4v) is 2.28. The number of nitrogens with zero attached hydrogens (tertiary/aromatic N) is 2. The molecule has 3 rings (SSSR count). The molecular formula is C16H13FN2O. The molecule has 1 N–H and O–H groups in total.